The number of amides is 1. The van der Waals surface area contributed by atoms with Crippen molar-refractivity contribution in [1.82, 2.24) is 0 Å². The van der Waals surface area contributed by atoms with E-state index in [1.54, 1.807) is 30.3 Å². The number of carbonyl (C=O) groups is 1. The van der Waals surface area contributed by atoms with Crippen LogP contribution >= 0.6 is 11.6 Å². The van der Waals surface area contributed by atoms with E-state index >= 15 is 0 Å². The number of anilines is 1. The van der Waals surface area contributed by atoms with Gasteiger partial charge in [0.05, 0.1) is 5.56 Å². The van der Waals surface area contributed by atoms with E-state index in [0.29, 0.717) is 5.69 Å². The lowest BCUT2D eigenvalue weighted by Gasteiger charge is -2.12. The lowest BCUT2D eigenvalue weighted by Crippen LogP contribution is -2.15. The van der Waals surface area contributed by atoms with Gasteiger partial charge in [0.15, 0.2) is 0 Å². The fourth-order valence-electron chi connectivity index (χ4n) is 1.80. The van der Waals surface area contributed by atoms with E-state index in [4.69, 9.17) is 11.6 Å². The number of alkyl halides is 3. The van der Waals surface area contributed by atoms with Gasteiger partial charge in [-0.15, -0.1) is 11.6 Å². The molecule has 1 N–H and O–H groups in total. The van der Waals surface area contributed by atoms with Crippen LogP contribution in [0.25, 0.3) is 0 Å². The molecule has 3 nitrogen and oxygen atoms in total. The molecule has 110 valence electrons. The maximum Gasteiger partial charge on any atom is 0.387 e. The Kier molecular flexibility index (Phi) is 5.11. The van der Waals surface area contributed by atoms with Crippen molar-refractivity contribution in [2.75, 3.05) is 5.32 Å². The number of hydrogen-bond donors (Lipinski definition) is 1. The zero-order valence-electron chi connectivity index (χ0n) is 10.9. The zero-order valence-corrected chi connectivity index (χ0v) is 11.6. The lowest BCUT2D eigenvalue weighted by atomic mass is 10.1. The second-order valence-electron chi connectivity index (χ2n) is 4.12. The number of rotatable bonds is 5. The van der Waals surface area contributed by atoms with E-state index in [1.807, 2.05) is 0 Å². The zero-order chi connectivity index (χ0) is 15.2. The minimum absolute atomic E-state index is 0.0298. The molecule has 2 aromatic rings. The van der Waals surface area contributed by atoms with E-state index in [-0.39, 0.29) is 17.2 Å². The van der Waals surface area contributed by atoms with Gasteiger partial charge in [-0.2, -0.15) is 8.78 Å². The van der Waals surface area contributed by atoms with Crippen LogP contribution in [0, 0.1) is 0 Å². The van der Waals surface area contributed by atoms with Crippen LogP contribution in [0.2, 0.25) is 0 Å². The number of benzene rings is 2. The van der Waals surface area contributed by atoms with Gasteiger partial charge in [0.25, 0.3) is 5.91 Å². The largest absolute Gasteiger partial charge is 0.434 e. The summed E-state index contributed by atoms with van der Waals surface area (Å²) in [6, 6.07) is 12.8. The molecule has 0 aromatic heterocycles. The molecule has 0 atom stereocenters. The quantitative estimate of drug-likeness (QED) is 0.837. The summed E-state index contributed by atoms with van der Waals surface area (Å²) in [6.07, 6.45) is 0. The van der Waals surface area contributed by atoms with Crippen molar-refractivity contribution in [1.29, 1.82) is 0 Å². The van der Waals surface area contributed by atoms with Gasteiger partial charge in [-0.05, 0) is 23.8 Å². The van der Waals surface area contributed by atoms with Crippen LogP contribution in [0.3, 0.4) is 0 Å². The predicted molar refractivity (Wildman–Crippen MR) is 77.0 cm³/mol. The first-order chi connectivity index (χ1) is 10.1. The maximum atomic E-state index is 12.3. The number of hydrogen-bond acceptors (Lipinski definition) is 2. The summed E-state index contributed by atoms with van der Waals surface area (Å²) in [7, 11) is 0. The summed E-state index contributed by atoms with van der Waals surface area (Å²) in [6.45, 7) is -2.99. The second-order valence-corrected chi connectivity index (χ2v) is 4.39. The highest BCUT2D eigenvalue weighted by Crippen LogP contribution is 2.23. The van der Waals surface area contributed by atoms with Gasteiger partial charge in [-0.25, -0.2) is 0 Å². The Bertz CT molecular complexity index is 635. The van der Waals surface area contributed by atoms with Gasteiger partial charge in [-0.3, -0.25) is 4.79 Å². The molecule has 0 saturated carbocycles. The fraction of sp³-hybridized carbons (Fsp3) is 0.133. The Morgan fingerprint density at radius 1 is 1.14 bits per heavy atom. The second kappa shape index (κ2) is 7.04. The number of carbonyl (C=O) groups excluding carboxylic acids is 1. The minimum atomic E-state index is -2.99. The summed E-state index contributed by atoms with van der Waals surface area (Å²) in [5.41, 5.74) is 1.30. The summed E-state index contributed by atoms with van der Waals surface area (Å²) in [5.74, 6) is -0.483. The molecule has 2 aromatic carbocycles. The molecule has 0 aliphatic heterocycles. The van der Waals surface area contributed by atoms with Crippen molar-refractivity contribution >= 4 is 23.2 Å². The van der Waals surface area contributed by atoms with Gasteiger partial charge in [-0.1, -0.05) is 30.3 Å². The lowest BCUT2D eigenvalue weighted by molar-refractivity contribution is -0.0501. The first kappa shape index (κ1) is 15.3. The van der Waals surface area contributed by atoms with E-state index in [9.17, 15) is 13.6 Å². The van der Waals surface area contributed by atoms with Crippen LogP contribution in [0.5, 0.6) is 5.75 Å². The molecule has 21 heavy (non-hydrogen) atoms. The van der Waals surface area contributed by atoms with Crippen LogP contribution in [0.1, 0.15) is 15.9 Å². The molecule has 2 rings (SSSR count). The summed E-state index contributed by atoms with van der Waals surface area (Å²) in [5, 5.41) is 2.64. The van der Waals surface area contributed by atoms with Gasteiger partial charge >= 0.3 is 6.61 Å². The average Bonchev–Trinajstić information content (AvgIpc) is 2.47. The molecular weight excluding hydrogens is 300 g/mol. The van der Waals surface area contributed by atoms with E-state index in [2.05, 4.69) is 10.1 Å². The fourth-order valence-corrected chi connectivity index (χ4v) is 2.03. The van der Waals surface area contributed by atoms with Crippen LogP contribution < -0.4 is 10.1 Å². The first-order valence-electron chi connectivity index (χ1n) is 6.11. The number of nitrogens with one attached hydrogen (secondary N) is 1. The number of para-hydroxylation sites is 2. The van der Waals surface area contributed by atoms with Crippen LogP contribution in [0.4, 0.5) is 14.5 Å². The van der Waals surface area contributed by atoms with Crippen molar-refractivity contribution < 1.29 is 18.3 Å². The smallest absolute Gasteiger partial charge is 0.387 e. The average molecular weight is 312 g/mol. The van der Waals surface area contributed by atoms with Crippen LogP contribution in [-0.4, -0.2) is 12.5 Å². The molecular formula is C15H12ClF2NO2. The Labute approximate surface area is 125 Å². The van der Waals surface area contributed by atoms with Crippen LogP contribution in [0.15, 0.2) is 48.5 Å². The normalized spacial score (nSPS) is 10.5. The van der Waals surface area contributed by atoms with E-state index < -0.39 is 12.5 Å². The molecule has 0 aliphatic carbocycles. The van der Waals surface area contributed by atoms with Gasteiger partial charge in [0, 0.05) is 11.6 Å². The van der Waals surface area contributed by atoms with Gasteiger partial charge in [0.2, 0.25) is 0 Å². The van der Waals surface area contributed by atoms with E-state index in [1.165, 1.54) is 18.2 Å². The maximum absolute atomic E-state index is 12.3. The number of halogens is 3. The highest BCUT2D eigenvalue weighted by molar-refractivity contribution is 6.17. The summed E-state index contributed by atoms with van der Waals surface area (Å²) in [4.78, 5) is 12.2. The van der Waals surface area contributed by atoms with Gasteiger partial charge < -0.3 is 10.1 Å². The van der Waals surface area contributed by atoms with Crippen molar-refractivity contribution in [3.8, 4) is 5.75 Å². The first-order valence-corrected chi connectivity index (χ1v) is 6.64. The van der Waals surface area contributed by atoms with E-state index in [0.717, 1.165) is 5.56 Å². The third-order valence-electron chi connectivity index (χ3n) is 2.76. The molecule has 0 unspecified atom stereocenters. The third kappa shape index (κ3) is 3.92. The van der Waals surface area contributed by atoms with Crippen molar-refractivity contribution in [2.24, 2.45) is 0 Å². The monoisotopic (exact) mass is 311 g/mol. The SMILES string of the molecule is O=C(Nc1ccccc1CCl)c1ccccc1OC(F)F. The van der Waals surface area contributed by atoms with Gasteiger partial charge in [0.1, 0.15) is 5.75 Å². The highest BCUT2D eigenvalue weighted by atomic mass is 35.5. The van der Waals surface area contributed by atoms with Crippen molar-refractivity contribution in [3.63, 3.8) is 0 Å². The molecule has 0 bridgehead atoms. The topological polar surface area (TPSA) is 38.3 Å². The molecule has 0 aliphatic rings. The van der Waals surface area contributed by atoms with Crippen molar-refractivity contribution in [3.05, 3.63) is 59.7 Å². The molecule has 6 heteroatoms. The Morgan fingerprint density at radius 3 is 2.52 bits per heavy atom. The highest BCUT2D eigenvalue weighted by Gasteiger charge is 2.16. The summed E-state index contributed by atoms with van der Waals surface area (Å²) < 4.78 is 29.0. The molecule has 0 radical (unpaired) electrons. The summed E-state index contributed by atoms with van der Waals surface area (Å²) >= 11 is 5.79. The predicted octanol–water partition coefficient (Wildman–Crippen LogP) is 4.28. The van der Waals surface area contributed by atoms with Crippen LogP contribution in [-0.2, 0) is 5.88 Å². The van der Waals surface area contributed by atoms with Crippen molar-refractivity contribution in [2.45, 2.75) is 12.5 Å². The Hall–Kier alpha value is -2.14. The molecule has 1 amide bonds. The number of ether oxygens (including phenoxy) is 1. The Morgan fingerprint density at radius 2 is 1.81 bits per heavy atom. The third-order valence-corrected chi connectivity index (χ3v) is 3.05. The molecule has 0 heterocycles. The molecule has 0 spiro atoms. The standard InChI is InChI=1S/C15H12ClF2NO2/c16-9-10-5-1-3-7-12(10)19-14(20)11-6-2-4-8-13(11)21-15(17)18/h1-8,15H,9H2,(H,19,20). The molecule has 0 fully saturated rings. The Balaban J connectivity index is 2.24. The molecule has 0 saturated heterocycles. The minimum Gasteiger partial charge on any atom is -0.434 e.